The molecule has 6 heteroatoms. The van der Waals surface area contributed by atoms with Crippen LogP contribution in [0.4, 0.5) is 0 Å². The van der Waals surface area contributed by atoms with Crippen molar-refractivity contribution in [2.24, 2.45) is 16.6 Å². The number of phenolic OH excluding ortho intramolecular Hbond substituents is 1. The number of ether oxygens (including phenoxy) is 2. The van der Waals surface area contributed by atoms with E-state index in [0.717, 1.165) is 35.3 Å². The summed E-state index contributed by atoms with van der Waals surface area (Å²) < 4.78 is 11.9. The lowest BCUT2D eigenvalue weighted by Gasteiger charge is -2.47. The van der Waals surface area contributed by atoms with Crippen molar-refractivity contribution < 1.29 is 19.7 Å². The van der Waals surface area contributed by atoms with Crippen LogP contribution in [0.1, 0.15) is 24.8 Å². The number of aliphatic hydroxyl groups is 1. The van der Waals surface area contributed by atoms with Gasteiger partial charge in [0.25, 0.3) is 6.02 Å². The molecule has 27 heavy (non-hydrogen) atoms. The average Bonchev–Trinajstić information content (AvgIpc) is 3.05. The number of aliphatic imine (C=N–C) groups is 1. The topological polar surface area (TPSA) is 97.3 Å². The maximum Gasteiger partial charge on any atom is 0.283 e. The molecule has 2 heterocycles. The van der Waals surface area contributed by atoms with Crippen LogP contribution in [-0.2, 0) is 10.3 Å². The molecule has 0 amide bonds. The highest BCUT2D eigenvalue weighted by atomic mass is 16.5. The molecule has 1 aliphatic carbocycles. The smallest absolute Gasteiger partial charge is 0.283 e. The standard InChI is InChI=1S/C21H22N2O4/c22-20-23-21(11-26-20)16-9-13(12-2-1-3-14(24)8-12)4-6-18(16)27-19-7-5-15(25)10-17(19)21/h1-4,6,8-9,15,17,19,24-25H,5,7,10-11H2,(H2,22,23)/t15-,17-,19?,21?/m0/s1. The largest absolute Gasteiger partial charge is 0.508 e. The maximum absolute atomic E-state index is 10.3. The number of phenols is 1. The van der Waals surface area contributed by atoms with Crippen molar-refractivity contribution in [3.63, 3.8) is 0 Å². The van der Waals surface area contributed by atoms with E-state index in [1.807, 2.05) is 30.3 Å². The molecule has 2 unspecified atom stereocenters. The van der Waals surface area contributed by atoms with Gasteiger partial charge >= 0.3 is 0 Å². The number of amidine groups is 1. The molecule has 2 aromatic rings. The zero-order chi connectivity index (χ0) is 18.6. The van der Waals surface area contributed by atoms with Crippen molar-refractivity contribution in [3.05, 3.63) is 48.0 Å². The second-order valence-electron chi connectivity index (χ2n) is 7.65. The third-order valence-electron chi connectivity index (χ3n) is 6.03. The van der Waals surface area contributed by atoms with Gasteiger partial charge in [-0.1, -0.05) is 18.2 Å². The van der Waals surface area contributed by atoms with E-state index in [1.165, 1.54) is 0 Å². The molecular formula is C21H22N2O4. The molecule has 6 nitrogen and oxygen atoms in total. The van der Waals surface area contributed by atoms with Crippen molar-refractivity contribution in [1.82, 2.24) is 0 Å². The van der Waals surface area contributed by atoms with Crippen molar-refractivity contribution in [3.8, 4) is 22.6 Å². The van der Waals surface area contributed by atoms with E-state index in [0.29, 0.717) is 13.0 Å². The minimum Gasteiger partial charge on any atom is -0.508 e. The number of aliphatic hydroxyl groups excluding tert-OH is 1. The fourth-order valence-corrected chi connectivity index (χ4v) is 4.74. The van der Waals surface area contributed by atoms with Gasteiger partial charge in [0.05, 0.1) is 6.10 Å². The normalized spacial score (nSPS) is 31.4. The molecule has 1 saturated carbocycles. The van der Waals surface area contributed by atoms with Crippen LogP contribution in [0, 0.1) is 5.92 Å². The Bertz CT molecular complexity index is 928. The first-order chi connectivity index (χ1) is 13.0. The summed E-state index contributed by atoms with van der Waals surface area (Å²) in [7, 11) is 0. The molecule has 1 spiro atoms. The zero-order valence-corrected chi connectivity index (χ0v) is 14.8. The Morgan fingerprint density at radius 1 is 1.11 bits per heavy atom. The summed E-state index contributed by atoms with van der Waals surface area (Å²) in [6, 6.07) is 13.3. The fraction of sp³-hybridized carbons (Fsp3) is 0.381. The van der Waals surface area contributed by atoms with Crippen LogP contribution in [0.25, 0.3) is 11.1 Å². The summed E-state index contributed by atoms with van der Waals surface area (Å²) in [5, 5.41) is 20.1. The predicted octanol–water partition coefficient (Wildman–Crippen LogP) is 2.52. The molecular weight excluding hydrogens is 344 g/mol. The van der Waals surface area contributed by atoms with Gasteiger partial charge in [-0.3, -0.25) is 0 Å². The van der Waals surface area contributed by atoms with Gasteiger partial charge in [0.15, 0.2) is 0 Å². The number of nitrogens with zero attached hydrogens (tertiary/aromatic N) is 1. The SMILES string of the molecule is NC1=NC2(CO1)c1cc(-c3cccc(O)c3)ccc1OC1CC[C@H](O)C[C@@H]12. The van der Waals surface area contributed by atoms with E-state index < -0.39 is 5.54 Å². The third-order valence-corrected chi connectivity index (χ3v) is 6.03. The molecule has 1 fully saturated rings. The number of hydrogen-bond donors (Lipinski definition) is 3. The summed E-state index contributed by atoms with van der Waals surface area (Å²) in [4.78, 5) is 4.72. The average molecular weight is 366 g/mol. The number of fused-ring (bicyclic) bond motifs is 4. The molecule has 4 N–H and O–H groups in total. The van der Waals surface area contributed by atoms with Crippen LogP contribution in [-0.4, -0.2) is 35.0 Å². The van der Waals surface area contributed by atoms with Gasteiger partial charge in [-0.2, -0.15) is 0 Å². The molecule has 0 bridgehead atoms. The molecule has 3 aliphatic rings. The van der Waals surface area contributed by atoms with Gasteiger partial charge in [0.2, 0.25) is 0 Å². The van der Waals surface area contributed by atoms with Crippen molar-refractivity contribution in [1.29, 1.82) is 0 Å². The molecule has 2 aliphatic heterocycles. The van der Waals surface area contributed by atoms with E-state index in [-0.39, 0.29) is 29.9 Å². The lowest BCUT2D eigenvalue weighted by atomic mass is 9.67. The summed E-state index contributed by atoms with van der Waals surface area (Å²) in [5.74, 6) is 1.02. The van der Waals surface area contributed by atoms with Crippen LogP contribution in [0.3, 0.4) is 0 Å². The molecule has 0 aromatic heterocycles. The first-order valence-corrected chi connectivity index (χ1v) is 9.32. The highest BCUT2D eigenvalue weighted by molar-refractivity contribution is 5.75. The van der Waals surface area contributed by atoms with Gasteiger partial charge in [0.1, 0.15) is 29.7 Å². The van der Waals surface area contributed by atoms with Crippen LogP contribution in [0.15, 0.2) is 47.5 Å². The molecule has 4 atom stereocenters. The molecule has 0 radical (unpaired) electrons. The second-order valence-corrected chi connectivity index (χ2v) is 7.65. The Labute approximate surface area is 157 Å². The van der Waals surface area contributed by atoms with E-state index in [2.05, 4.69) is 0 Å². The Morgan fingerprint density at radius 2 is 1.96 bits per heavy atom. The molecule has 140 valence electrons. The lowest BCUT2D eigenvalue weighted by Crippen LogP contribution is -2.51. The Kier molecular flexibility index (Phi) is 3.59. The molecule has 2 aromatic carbocycles. The van der Waals surface area contributed by atoms with Crippen LogP contribution >= 0.6 is 0 Å². The highest BCUT2D eigenvalue weighted by Gasteiger charge is 2.55. The minimum absolute atomic E-state index is 0.00854. The second kappa shape index (κ2) is 5.89. The maximum atomic E-state index is 10.3. The minimum atomic E-state index is -0.642. The zero-order valence-electron chi connectivity index (χ0n) is 14.8. The van der Waals surface area contributed by atoms with Crippen molar-refractivity contribution in [2.45, 2.75) is 37.0 Å². The van der Waals surface area contributed by atoms with Crippen LogP contribution < -0.4 is 10.5 Å². The Hall–Kier alpha value is -2.73. The summed E-state index contributed by atoms with van der Waals surface area (Å²) >= 11 is 0. The van der Waals surface area contributed by atoms with E-state index in [9.17, 15) is 10.2 Å². The number of benzene rings is 2. The van der Waals surface area contributed by atoms with Crippen LogP contribution in [0.5, 0.6) is 11.5 Å². The number of rotatable bonds is 1. The Balaban J connectivity index is 1.66. The lowest BCUT2D eigenvalue weighted by molar-refractivity contribution is -0.0359. The predicted molar refractivity (Wildman–Crippen MR) is 101 cm³/mol. The number of aromatic hydroxyl groups is 1. The van der Waals surface area contributed by atoms with Gasteiger partial charge in [-0.15, -0.1) is 0 Å². The first-order valence-electron chi connectivity index (χ1n) is 9.32. The van der Waals surface area contributed by atoms with Gasteiger partial charge in [-0.25, -0.2) is 4.99 Å². The van der Waals surface area contributed by atoms with Gasteiger partial charge in [0, 0.05) is 11.5 Å². The first kappa shape index (κ1) is 16.4. The third kappa shape index (κ3) is 2.55. The van der Waals surface area contributed by atoms with E-state index >= 15 is 0 Å². The summed E-state index contributed by atoms with van der Waals surface area (Å²) in [6.45, 7) is 0.354. The van der Waals surface area contributed by atoms with E-state index in [1.54, 1.807) is 12.1 Å². The van der Waals surface area contributed by atoms with Crippen LogP contribution in [0.2, 0.25) is 0 Å². The van der Waals surface area contributed by atoms with Gasteiger partial charge in [-0.05, 0) is 54.7 Å². The quantitative estimate of drug-likeness (QED) is 0.721. The van der Waals surface area contributed by atoms with E-state index in [4.69, 9.17) is 20.2 Å². The number of hydrogen-bond acceptors (Lipinski definition) is 6. The summed E-state index contributed by atoms with van der Waals surface area (Å²) in [5.41, 5.74) is 8.07. The van der Waals surface area contributed by atoms with Crippen molar-refractivity contribution >= 4 is 6.02 Å². The number of nitrogens with two attached hydrogens (primary N) is 1. The Morgan fingerprint density at radius 3 is 2.74 bits per heavy atom. The van der Waals surface area contributed by atoms with Gasteiger partial charge < -0.3 is 25.4 Å². The summed E-state index contributed by atoms with van der Waals surface area (Å²) in [6.07, 6.45) is 1.76. The fourth-order valence-electron chi connectivity index (χ4n) is 4.74. The highest BCUT2D eigenvalue weighted by Crippen LogP contribution is 2.53. The molecule has 5 rings (SSSR count). The monoisotopic (exact) mass is 366 g/mol. The molecule has 0 saturated heterocycles. The van der Waals surface area contributed by atoms with Crippen molar-refractivity contribution in [2.75, 3.05) is 6.61 Å².